The van der Waals surface area contributed by atoms with Crippen LogP contribution in [0.3, 0.4) is 0 Å². The number of hydrogen-bond donors (Lipinski definition) is 0. The lowest BCUT2D eigenvalue weighted by molar-refractivity contribution is -0.115. The molecule has 0 heterocycles. The molecular formula is C5H8BrIO3S. The van der Waals surface area contributed by atoms with Crippen LogP contribution in [0.1, 0.15) is 13.8 Å². The van der Waals surface area contributed by atoms with Gasteiger partial charge < -0.3 is 0 Å². The molecule has 0 aromatic carbocycles. The second-order valence-electron chi connectivity index (χ2n) is 1.98. The monoisotopic (exact) mass is 354 g/mol. The molecule has 0 rings (SSSR count). The van der Waals surface area contributed by atoms with Crippen LogP contribution in [0.15, 0.2) is 0 Å². The lowest BCUT2D eigenvalue weighted by Gasteiger charge is -2.15. The van der Waals surface area contributed by atoms with Crippen LogP contribution in [0.2, 0.25) is 0 Å². The molecule has 0 radical (unpaired) electrons. The minimum absolute atomic E-state index is 0.0409. The number of ketones is 1. The maximum absolute atomic E-state index is 11.2. The second-order valence-corrected chi connectivity index (χ2v) is 9.94. The second kappa shape index (κ2) is 3.69. The highest BCUT2D eigenvalue weighted by Crippen LogP contribution is 2.34. The van der Waals surface area contributed by atoms with Crippen LogP contribution in [0, 0.1) is 0 Å². The first-order chi connectivity index (χ1) is 4.75. The van der Waals surface area contributed by atoms with Gasteiger partial charge in [0.1, 0.15) is 0 Å². The predicted octanol–water partition coefficient (Wildman–Crippen LogP) is 1.49. The molecule has 1 atom stereocenters. The van der Waals surface area contributed by atoms with Crippen molar-refractivity contribution in [2.75, 3.05) is 5.75 Å². The van der Waals surface area contributed by atoms with E-state index in [2.05, 4.69) is 15.9 Å². The van der Waals surface area contributed by atoms with Crippen LogP contribution in [-0.2, 0) is 14.6 Å². The summed E-state index contributed by atoms with van der Waals surface area (Å²) in [6.07, 6.45) is 0. The maximum atomic E-state index is 11.2. The topological polar surface area (TPSA) is 51.2 Å². The number of sulfone groups is 1. The van der Waals surface area contributed by atoms with Crippen molar-refractivity contribution in [1.29, 1.82) is 0 Å². The summed E-state index contributed by atoms with van der Waals surface area (Å²) in [5.41, 5.74) is 0. The Labute approximate surface area is 88.1 Å². The van der Waals surface area contributed by atoms with E-state index in [4.69, 9.17) is 0 Å². The Balaban J connectivity index is 5.01. The van der Waals surface area contributed by atoms with Gasteiger partial charge in [-0.1, -0.05) is 6.92 Å². The third-order valence-electron chi connectivity index (χ3n) is 1.18. The Morgan fingerprint density at radius 2 is 2.00 bits per heavy atom. The number of alkyl halides is 2. The van der Waals surface area contributed by atoms with Gasteiger partial charge in [-0.05, 0) is 45.4 Å². The van der Waals surface area contributed by atoms with Gasteiger partial charge >= 0.3 is 0 Å². The molecule has 6 heteroatoms. The third kappa shape index (κ3) is 2.38. The molecule has 0 aliphatic heterocycles. The van der Waals surface area contributed by atoms with Crippen molar-refractivity contribution < 1.29 is 13.2 Å². The first-order valence-corrected chi connectivity index (χ1v) is 6.39. The summed E-state index contributed by atoms with van der Waals surface area (Å²) in [6, 6.07) is 0. The quantitative estimate of drug-likeness (QED) is 0.570. The summed E-state index contributed by atoms with van der Waals surface area (Å²) in [4.78, 5) is 10.8. The Bertz CT molecular complexity index is 257. The molecule has 0 N–H and O–H groups in total. The van der Waals surface area contributed by atoms with E-state index in [1.54, 1.807) is 22.6 Å². The first-order valence-electron chi connectivity index (χ1n) is 2.87. The number of halogens is 2. The minimum Gasteiger partial charge on any atom is -0.296 e. The van der Waals surface area contributed by atoms with Gasteiger partial charge in [0.05, 0.1) is 5.75 Å². The zero-order chi connectivity index (χ0) is 9.28. The van der Waals surface area contributed by atoms with Crippen molar-refractivity contribution in [2.45, 2.75) is 15.5 Å². The van der Waals surface area contributed by atoms with Crippen LogP contribution in [0.5, 0.6) is 0 Å². The smallest absolute Gasteiger partial charge is 0.234 e. The van der Waals surface area contributed by atoms with E-state index >= 15 is 0 Å². The fraction of sp³-hybridized carbons (Fsp3) is 0.800. The lowest BCUT2D eigenvalue weighted by Crippen LogP contribution is -2.33. The van der Waals surface area contributed by atoms with E-state index in [0.29, 0.717) is 0 Å². The molecule has 0 bridgehead atoms. The molecule has 66 valence electrons. The van der Waals surface area contributed by atoms with Crippen LogP contribution in [0.4, 0.5) is 0 Å². The van der Waals surface area contributed by atoms with E-state index in [9.17, 15) is 13.2 Å². The number of hydrogen-bond acceptors (Lipinski definition) is 3. The van der Waals surface area contributed by atoms with Crippen molar-refractivity contribution in [3.63, 3.8) is 0 Å². The highest BCUT2D eigenvalue weighted by atomic mass is 127. The predicted molar refractivity (Wildman–Crippen MR) is 55.8 cm³/mol. The Morgan fingerprint density at radius 3 is 2.09 bits per heavy atom. The number of carbonyl (C=O) groups is 1. The molecule has 0 aromatic heterocycles. The molecule has 0 aromatic rings. The maximum Gasteiger partial charge on any atom is 0.234 e. The highest BCUT2D eigenvalue weighted by molar-refractivity contribution is 14.1. The van der Waals surface area contributed by atoms with Crippen LogP contribution < -0.4 is 0 Å². The Kier molecular flexibility index (Phi) is 3.97. The molecule has 0 aliphatic rings. The van der Waals surface area contributed by atoms with E-state index < -0.39 is 17.3 Å². The third-order valence-corrected chi connectivity index (χ3v) is 7.82. The molecule has 0 spiro atoms. The molecule has 0 fully saturated rings. The molecule has 3 nitrogen and oxygen atoms in total. The molecular weight excluding hydrogens is 347 g/mol. The fourth-order valence-electron chi connectivity index (χ4n) is 0.400. The average Bonchev–Trinajstić information content (AvgIpc) is 1.87. The summed E-state index contributed by atoms with van der Waals surface area (Å²) in [6.45, 7) is 2.75. The van der Waals surface area contributed by atoms with Gasteiger partial charge in [0, 0.05) is 0 Å². The summed E-state index contributed by atoms with van der Waals surface area (Å²) in [5.74, 6) is -0.444. The van der Waals surface area contributed by atoms with Gasteiger partial charge in [-0.25, -0.2) is 8.42 Å². The van der Waals surface area contributed by atoms with Crippen molar-refractivity contribution >= 4 is 54.1 Å². The van der Waals surface area contributed by atoms with E-state index in [0.717, 1.165) is 0 Å². The average molecular weight is 355 g/mol. The lowest BCUT2D eigenvalue weighted by atomic mass is 10.5. The Morgan fingerprint density at radius 1 is 1.64 bits per heavy atom. The van der Waals surface area contributed by atoms with Crippen molar-refractivity contribution in [3.05, 3.63) is 0 Å². The standard InChI is InChI=1S/C5H8BrIO3S/c1-3-11(9,10)5(6,7)4(2)8/h3H2,1-2H3. The minimum atomic E-state index is -3.34. The number of Topliss-reactive ketones (excluding diaryl/α,β-unsaturated/α-hetero) is 1. The number of carbonyl (C=O) groups excluding carboxylic acids is 1. The summed E-state index contributed by atoms with van der Waals surface area (Å²) in [5, 5.41) is 0. The van der Waals surface area contributed by atoms with Gasteiger partial charge in [-0.15, -0.1) is 0 Å². The molecule has 0 saturated carbocycles. The van der Waals surface area contributed by atoms with Gasteiger partial charge in [0.25, 0.3) is 0 Å². The highest BCUT2D eigenvalue weighted by Gasteiger charge is 2.41. The summed E-state index contributed by atoms with van der Waals surface area (Å²) < 4.78 is 20.9. The van der Waals surface area contributed by atoms with E-state index in [1.165, 1.54) is 13.8 Å². The fourth-order valence-corrected chi connectivity index (χ4v) is 2.82. The van der Waals surface area contributed by atoms with E-state index in [1.807, 2.05) is 0 Å². The molecule has 0 amide bonds. The first kappa shape index (κ1) is 11.8. The van der Waals surface area contributed by atoms with Crippen LogP contribution in [-0.4, -0.2) is 21.6 Å². The van der Waals surface area contributed by atoms with Crippen molar-refractivity contribution in [1.82, 2.24) is 0 Å². The number of rotatable bonds is 3. The van der Waals surface area contributed by atoms with Gasteiger partial charge in [0.15, 0.2) is 15.6 Å². The molecule has 1 unspecified atom stereocenters. The van der Waals surface area contributed by atoms with Crippen LogP contribution >= 0.6 is 38.5 Å². The molecule has 11 heavy (non-hydrogen) atoms. The van der Waals surface area contributed by atoms with Gasteiger partial charge in [-0.2, -0.15) is 0 Å². The molecule has 0 saturated heterocycles. The summed E-state index contributed by atoms with van der Waals surface area (Å²) >= 11 is 4.46. The zero-order valence-corrected chi connectivity index (χ0v) is 10.7. The summed E-state index contributed by atoms with van der Waals surface area (Å²) in [7, 11) is -3.34. The van der Waals surface area contributed by atoms with E-state index in [-0.39, 0.29) is 5.75 Å². The van der Waals surface area contributed by atoms with Crippen molar-refractivity contribution in [3.8, 4) is 0 Å². The zero-order valence-electron chi connectivity index (χ0n) is 6.10. The largest absolute Gasteiger partial charge is 0.296 e. The Hall–Kier alpha value is 0.830. The molecule has 0 aliphatic carbocycles. The van der Waals surface area contributed by atoms with Crippen LogP contribution in [0.25, 0.3) is 0 Å². The normalized spacial score (nSPS) is 17.5. The van der Waals surface area contributed by atoms with Gasteiger partial charge in [-0.3, -0.25) is 4.79 Å². The van der Waals surface area contributed by atoms with Gasteiger partial charge in [0.2, 0.25) is 1.66 Å². The van der Waals surface area contributed by atoms with Crippen molar-refractivity contribution in [2.24, 2.45) is 0 Å². The SMILES string of the molecule is CCS(=O)(=O)C(Br)(I)C(C)=O.